The molecule has 1 saturated carbocycles. The number of rotatable bonds is 6. The van der Waals surface area contributed by atoms with E-state index in [0.29, 0.717) is 4.75 Å². The van der Waals surface area contributed by atoms with Gasteiger partial charge in [-0.15, -0.1) is 0 Å². The maximum atomic E-state index is 4.71. The van der Waals surface area contributed by atoms with E-state index >= 15 is 0 Å². The third kappa shape index (κ3) is 4.02. The van der Waals surface area contributed by atoms with E-state index in [1.807, 2.05) is 17.8 Å². The Morgan fingerprint density at radius 1 is 1.19 bits per heavy atom. The second-order valence-electron chi connectivity index (χ2n) is 6.84. The van der Waals surface area contributed by atoms with Crippen LogP contribution >= 0.6 is 11.8 Å². The fourth-order valence-electron chi connectivity index (χ4n) is 2.42. The molecule has 118 valence electrons. The molecule has 0 amide bonds. The topological polar surface area (TPSA) is 49.8 Å². The van der Waals surface area contributed by atoms with Crippen molar-refractivity contribution in [1.82, 2.24) is 9.97 Å². The number of hydrogen-bond acceptors (Lipinski definition) is 5. The molecular formula is C16H28N4S. The second kappa shape index (κ2) is 6.42. The van der Waals surface area contributed by atoms with Gasteiger partial charge in [-0.3, -0.25) is 0 Å². The summed E-state index contributed by atoms with van der Waals surface area (Å²) in [4.78, 5) is 9.34. The molecule has 0 atom stereocenters. The van der Waals surface area contributed by atoms with E-state index in [1.54, 1.807) is 0 Å². The van der Waals surface area contributed by atoms with Gasteiger partial charge in [-0.2, -0.15) is 11.8 Å². The number of anilines is 2. The zero-order valence-electron chi connectivity index (χ0n) is 13.9. The van der Waals surface area contributed by atoms with Crippen LogP contribution in [0.3, 0.4) is 0 Å². The average Bonchev–Trinajstić information content (AvgIpc) is 2.37. The maximum Gasteiger partial charge on any atom is 0.138 e. The van der Waals surface area contributed by atoms with Crippen molar-refractivity contribution in [3.05, 3.63) is 11.9 Å². The first-order valence-electron chi connectivity index (χ1n) is 7.81. The van der Waals surface area contributed by atoms with Crippen LogP contribution in [0.4, 0.5) is 11.6 Å². The van der Waals surface area contributed by atoms with Gasteiger partial charge in [0.1, 0.15) is 17.5 Å². The summed E-state index contributed by atoms with van der Waals surface area (Å²) >= 11 is 1.98. The number of nitrogens with one attached hydrogen (secondary N) is 2. The maximum absolute atomic E-state index is 4.71. The van der Waals surface area contributed by atoms with Gasteiger partial charge in [0.2, 0.25) is 0 Å². The summed E-state index contributed by atoms with van der Waals surface area (Å²) in [5.74, 6) is 2.73. The Kier molecular flexibility index (Phi) is 5.02. The lowest BCUT2D eigenvalue weighted by Gasteiger charge is -2.40. The molecule has 21 heavy (non-hydrogen) atoms. The van der Waals surface area contributed by atoms with Crippen LogP contribution in [-0.2, 0) is 5.41 Å². The standard InChI is InChI=1S/C16H28N4S/c1-6-17-12-10-13(20-14(19-12)15(2,3)4)18-11-16(21-5)8-7-9-16/h10H,6-9,11H2,1-5H3,(H2,17,18,19,20). The minimum absolute atomic E-state index is 0.0461. The molecule has 4 nitrogen and oxygen atoms in total. The molecule has 1 aromatic heterocycles. The molecule has 0 bridgehead atoms. The molecule has 0 unspecified atom stereocenters. The van der Waals surface area contributed by atoms with E-state index in [1.165, 1.54) is 19.3 Å². The zero-order valence-corrected chi connectivity index (χ0v) is 14.7. The Bertz CT molecular complexity index is 472. The summed E-state index contributed by atoms with van der Waals surface area (Å²) in [5.41, 5.74) is -0.0461. The summed E-state index contributed by atoms with van der Waals surface area (Å²) < 4.78 is 0.408. The first kappa shape index (κ1) is 16.4. The van der Waals surface area contributed by atoms with Gasteiger partial charge in [0.15, 0.2) is 0 Å². The van der Waals surface area contributed by atoms with Gasteiger partial charge >= 0.3 is 0 Å². The van der Waals surface area contributed by atoms with Gasteiger partial charge in [-0.05, 0) is 26.0 Å². The van der Waals surface area contributed by atoms with Crippen LogP contribution < -0.4 is 10.6 Å². The van der Waals surface area contributed by atoms with Crippen molar-refractivity contribution in [2.75, 3.05) is 30.0 Å². The minimum atomic E-state index is -0.0461. The van der Waals surface area contributed by atoms with Crippen molar-refractivity contribution >= 4 is 23.4 Å². The van der Waals surface area contributed by atoms with Crippen molar-refractivity contribution in [2.24, 2.45) is 0 Å². The van der Waals surface area contributed by atoms with Gasteiger partial charge < -0.3 is 10.6 Å². The van der Waals surface area contributed by atoms with Crippen LogP contribution in [0.25, 0.3) is 0 Å². The molecule has 0 spiro atoms. The highest BCUT2D eigenvalue weighted by Gasteiger charge is 2.36. The lowest BCUT2D eigenvalue weighted by molar-refractivity contribution is 0.379. The van der Waals surface area contributed by atoms with Crippen LogP contribution in [0, 0.1) is 0 Å². The molecular weight excluding hydrogens is 280 g/mol. The first-order valence-corrected chi connectivity index (χ1v) is 9.03. The average molecular weight is 308 g/mol. The van der Waals surface area contributed by atoms with Gasteiger partial charge in [-0.25, -0.2) is 9.97 Å². The van der Waals surface area contributed by atoms with Gasteiger partial charge in [0, 0.05) is 29.3 Å². The summed E-state index contributed by atoms with van der Waals surface area (Å²) in [6.45, 7) is 10.4. The second-order valence-corrected chi connectivity index (χ2v) is 8.11. The van der Waals surface area contributed by atoms with Gasteiger partial charge in [0.05, 0.1) is 0 Å². The van der Waals surface area contributed by atoms with E-state index in [9.17, 15) is 0 Å². The third-order valence-corrected chi connectivity index (χ3v) is 5.46. The Hall–Kier alpha value is -0.970. The van der Waals surface area contributed by atoms with Crippen molar-refractivity contribution < 1.29 is 0 Å². The highest BCUT2D eigenvalue weighted by atomic mass is 32.2. The third-order valence-electron chi connectivity index (χ3n) is 4.04. The summed E-state index contributed by atoms with van der Waals surface area (Å²) in [6, 6.07) is 2.02. The molecule has 0 aliphatic heterocycles. The molecule has 1 aliphatic carbocycles. The molecule has 1 heterocycles. The Morgan fingerprint density at radius 2 is 1.81 bits per heavy atom. The van der Waals surface area contributed by atoms with Crippen molar-refractivity contribution in [3.63, 3.8) is 0 Å². The van der Waals surface area contributed by atoms with E-state index in [0.717, 1.165) is 30.5 Å². The molecule has 1 fully saturated rings. The van der Waals surface area contributed by atoms with Gasteiger partial charge in [0.25, 0.3) is 0 Å². The van der Waals surface area contributed by atoms with Crippen molar-refractivity contribution in [3.8, 4) is 0 Å². The number of nitrogens with zero attached hydrogens (tertiary/aromatic N) is 2. The van der Waals surface area contributed by atoms with Crippen LogP contribution in [0.15, 0.2) is 6.07 Å². The minimum Gasteiger partial charge on any atom is -0.370 e. The Balaban J connectivity index is 2.15. The molecule has 2 rings (SSSR count). The largest absolute Gasteiger partial charge is 0.370 e. The van der Waals surface area contributed by atoms with Crippen LogP contribution in [0.2, 0.25) is 0 Å². The van der Waals surface area contributed by atoms with E-state index in [2.05, 4.69) is 49.6 Å². The smallest absolute Gasteiger partial charge is 0.138 e. The van der Waals surface area contributed by atoms with Crippen LogP contribution in [0.1, 0.15) is 52.8 Å². The molecule has 0 aromatic carbocycles. The molecule has 1 aliphatic rings. The molecule has 0 radical (unpaired) electrons. The van der Waals surface area contributed by atoms with E-state index in [4.69, 9.17) is 4.98 Å². The molecule has 5 heteroatoms. The summed E-state index contributed by atoms with van der Waals surface area (Å²) in [6.07, 6.45) is 6.17. The number of thioether (sulfide) groups is 1. The monoisotopic (exact) mass is 308 g/mol. The van der Waals surface area contributed by atoms with Crippen LogP contribution in [0.5, 0.6) is 0 Å². The predicted octanol–water partition coefficient (Wildman–Crippen LogP) is 3.90. The summed E-state index contributed by atoms with van der Waals surface area (Å²) in [5, 5.41) is 6.84. The lowest BCUT2D eigenvalue weighted by Crippen LogP contribution is -2.40. The van der Waals surface area contributed by atoms with E-state index in [-0.39, 0.29) is 5.41 Å². The molecule has 2 N–H and O–H groups in total. The van der Waals surface area contributed by atoms with Crippen molar-refractivity contribution in [1.29, 1.82) is 0 Å². The predicted molar refractivity (Wildman–Crippen MR) is 93.5 cm³/mol. The highest BCUT2D eigenvalue weighted by molar-refractivity contribution is 8.00. The Labute approximate surface area is 132 Å². The lowest BCUT2D eigenvalue weighted by atomic mass is 9.84. The fourth-order valence-corrected chi connectivity index (χ4v) is 3.33. The zero-order chi connectivity index (χ0) is 15.5. The number of hydrogen-bond donors (Lipinski definition) is 2. The first-order chi connectivity index (χ1) is 9.88. The molecule has 0 saturated heterocycles. The Morgan fingerprint density at radius 3 is 2.24 bits per heavy atom. The fraction of sp³-hybridized carbons (Fsp3) is 0.750. The highest BCUT2D eigenvalue weighted by Crippen LogP contribution is 2.42. The quantitative estimate of drug-likeness (QED) is 0.834. The van der Waals surface area contributed by atoms with E-state index < -0.39 is 0 Å². The summed E-state index contributed by atoms with van der Waals surface area (Å²) in [7, 11) is 0. The van der Waals surface area contributed by atoms with Gasteiger partial charge in [-0.1, -0.05) is 27.2 Å². The SMILES string of the molecule is CCNc1cc(NCC2(SC)CCC2)nc(C(C)(C)C)n1. The number of aromatic nitrogens is 2. The van der Waals surface area contributed by atoms with Crippen LogP contribution in [-0.4, -0.2) is 34.1 Å². The van der Waals surface area contributed by atoms with Crippen molar-refractivity contribution in [2.45, 2.75) is 57.1 Å². The normalized spacial score (nSPS) is 17.2. The molecule has 1 aromatic rings.